The summed E-state index contributed by atoms with van der Waals surface area (Å²) in [4.78, 5) is 20.5. The second kappa shape index (κ2) is 9.49. The number of pyridine rings is 1. The van der Waals surface area contributed by atoms with Gasteiger partial charge in [0.1, 0.15) is 5.82 Å². The summed E-state index contributed by atoms with van der Waals surface area (Å²) in [6, 6.07) is 10.1. The van der Waals surface area contributed by atoms with Gasteiger partial charge in [0.25, 0.3) is 0 Å². The van der Waals surface area contributed by atoms with Crippen molar-refractivity contribution >= 4 is 35.0 Å². The van der Waals surface area contributed by atoms with E-state index in [0.29, 0.717) is 31.5 Å². The lowest BCUT2D eigenvalue weighted by molar-refractivity contribution is -0.137. The normalized spacial score (nSPS) is 17.0. The Morgan fingerprint density at radius 3 is 2.34 bits per heavy atom. The lowest BCUT2D eigenvalue weighted by atomic mass is 9.87. The summed E-state index contributed by atoms with van der Waals surface area (Å²) >= 11 is 6.19. The molecule has 1 unspecified atom stereocenters. The third kappa shape index (κ3) is 5.75. The minimum Gasteiger partial charge on any atom is -0.352 e. The Labute approximate surface area is 207 Å². The summed E-state index contributed by atoms with van der Waals surface area (Å²) < 4.78 is 40.4. The SMILES string of the molecule is CC1CN(c2ncccc2C(F)(F)F)CCN1c1nc(Cl)nc(Nc2ccc(C(C)(C)C)cc2)n1. The fraction of sp³-hybridized carbons (Fsp3) is 0.417. The molecule has 0 spiro atoms. The molecule has 1 fully saturated rings. The van der Waals surface area contributed by atoms with Gasteiger partial charge in [-0.1, -0.05) is 32.9 Å². The van der Waals surface area contributed by atoms with Gasteiger partial charge in [0.2, 0.25) is 17.2 Å². The molecular weight excluding hydrogens is 479 g/mol. The van der Waals surface area contributed by atoms with Crippen molar-refractivity contribution in [2.75, 3.05) is 34.8 Å². The second-order valence-corrected chi connectivity index (χ2v) is 9.88. The number of rotatable bonds is 4. The molecule has 0 saturated carbocycles. The van der Waals surface area contributed by atoms with Crippen LogP contribution >= 0.6 is 11.6 Å². The highest BCUT2D eigenvalue weighted by Gasteiger charge is 2.37. The minimum absolute atomic E-state index is 0.0301. The topological polar surface area (TPSA) is 70.1 Å². The zero-order chi connectivity index (χ0) is 25.4. The van der Waals surface area contributed by atoms with Gasteiger partial charge < -0.3 is 15.1 Å². The van der Waals surface area contributed by atoms with Gasteiger partial charge in [-0.2, -0.15) is 28.1 Å². The van der Waals surface area contributed by atoms with Gasteiger partial charge in [-0.25, -0.2) is 4.98 Å². The first-order valence-corrected chi connectivity index (χ1v) is 11.6. The number of anilines is 4. The number of hydrogen-bond donors (Lipinski definition) is 1. The van der Waals surface area contributed by atoms with Crippen molar-refractivity contribution in [3.05, 3.63) is 59.0 Å². The maximum absolute atomic E-state index is 13.5. The maximum Gasteiger partial charge on any atom is 0.419 e. The Bertz CT molecular complexity index is 1180. The van der Waals surface area contributed by atoms with Crippen LogP contribution in [0, 0.1) is 0 Å². The molecule has 1 aromatic carbocycles. The Morgan fingerprint density at radius 1 is 1.00 bits per heavy atom. The average Bonchev–Trinajstić information content (AvgIpc) is 2.78. The van der Waals surface area contributed by atoms with E-state index in [1.165, 1.54) is 17.8 Å². The molecule has 2 aromatic heterocycles. The van der Waals surface area contributed by atoms with Crippen molar-refractivity contribution in [1.82, 2.24) is 19.9 Å². The predicted octanol–water partition coefficient (Wildman–Crippen LogP) is 5.70. The van der Waals surface area contributed by atoms with Crippen LogP contribution in [0.4, 0.5) is 36.6 Å². The van der Waals surface area contributed by atoms with E-state index in [1.807, 2.05) is 36.1 Å². The molecule has 0 bridgehead atoms. The van der Waals surface area contributed by atoms with Crippen LogP contribution in [0.25, 0.3) is 0 Å². The first-order valence-electron chi connectivity index (χ1n) is 11.2. The third-order valence-electron chi connectivity index (χ3n) is 5.88. The second-order valence-electron chi connectivity index (χ2n) is 9.54. The molecule has 0 radical (unpaired) electrons. The summed E-state index contributed by atoms with van der Waals surface area (Å²) in [5.41, 5.74) is 1.30. The molecule has 0 amide bonds. The van der Waals surface area contributed by atoms with Crippen molar-refractivity contribution in [3.63, 3.8) is 0 Å². The zero-order valence-corrected chi connectivity index (χ0v) is 20.7. The monoisotopic (exact) mass is 505 g/mol. The summed E-state index contributed by atoms with van der Waals surface area (Å²) in [6.07, 6.45) is -3.10. The molecule has 4 rings (SSSR count). The minimum atomic E-state index is -4.47. The van der Waals surface area contributed by atoms with Crippen molar-refractivity contribution in [1.29, 1.82) is 0 Å². The zero-order valence-electron chi connectivity index (χ0n) is 19.9. The molecule has 0 aliphatic carbocycles. The molecule has 1 atom stereocenters. The predicted molar refractivity (Wildman–Crippen MR) is 132 cm³/mol. The van der Waals surface area contributed by atoms with E-state index in [2.05, 4.69) is 46.0 Å². The molecule has 3 heterocycles. The number of benzene rings is 1. The highest BCUT2D eigenvalue weighted by molar-refractivity contribution is 6.28. The van der Waals surface area contributed by atoms with Gasteiger partial charge >= 0.3 is 6.18 Å². The molecule has 1 aliphatic rings. The van der Waals surface area contributed by atoms with E-state index in [1.54, 1.807) is 4.90 Å². The standard InChI is InChI=1S/C24H27ClF3N7/c1-15-14-34(19-18(24(26,27)28)6-5-11-29-19)12-13-35(15)22-32-20(25)31-21(33-22)30-17-9-7-16(8-10-17)23(2,3)4/h5-11,15H,12-14H2,1-4H3,(H,30,31,32,33). The van der Waals surface area contributed by atoms with E-state index in [-0.39, 0.29) is 22.6 Å². The number of hydrogen-bond acceptors (Lipinski definition) is 7. The molecule has 3 aromatic rings. The van der Waals surface area contributed by atoms with Crippen molar-refractivity contribution in [2.45, 2.75) is 45.3 Å². The van der Waals surface area contributed by atoms with Crippen LogP contribution in [0.1, 0.15) is 38.8 Å². The molecular formula is C24H27ClF3N7. The summed E-state index contributed by atoms with van der Waals surface area (Å²) in [7, 11) is 0. The smallest absolute Gasteiger partial charge is 0.352 e. The molecule has 35 heavy (non-hydrogen) atoms. The number of nitrogens with one attached hydrogen (secondary N) is 1. The lowest BCUT2D eigenvalue weighted by Crippen LogP contribution is -2.53. The molecule has 186 valence electrons. The summed E-state index contributed by atoms with van der Waals surface area (Å²) in [6.45, 7) is 9.38. The van der Waals surface area contributed by atoms with Gasteiger partial charge in [-0.3, -0.25) is 0 Å². The van der Waals surface area contributed by atoms with Crippen molar-refractivity contribution < 1.29 is 13.2 Å². The quantitative estimate of drug-likeness (QED) is 0.488. The third-order valence-corrected chi connectivity index (χ3v) is 6.05. The van der Waals surface area contributed by atoms with Crippen LogP contribution in [0.2, 0.25) is 5.28 Å². The Morgan fingerprint density at radius 2 is 1.71 bits per heavy atom. The van der Waals surface area contributed by atoms with Gasteiger partial charge in [-0.05, 0) is 53.8 Å². The first kappa shape index (κ1) is 25.0. The van der Waals surface area contributed by atoms with Crippen LogP contribution in [-0.2, 0) is 11.6 Å². The largest absolute Gasteiger partial charge is 0.419 e. The highest BCUT2D eigenvalue weighted by atomic mass is 35.5. The first-order chi connectivity index (χ1) is 16.4. The molecule has 7 nitrogen and oxygen atoms in total. The van der Waals surface area contributed by atoms with E-state index < -0.39 is 11.7 Å². The fourth-order valence-corrected chi connectivity index (χ4v) is 4.18. The average molecular weight is 506 g/mol. The van der Waals surface area contributed by atoms with Gasteiger partial charge in [0.15, 0.2) is 0 Å². The van der Waals surface area contributed by atoms with Crippen molar-refractivity contribution in [3.8, 4) is 0 Å². The van der Waals surface area contributed by atoms with Crippen LogP contribution in [0.3, 0.4) is 0 Å². The van der Waals surface area contributed by atoms with Crippen LogP contribution in [-0.4, -0.2) is 45.6 Å². The fourth-order valence-electron chi connectivity index (χ4n) is 4.02. The lowest BCUT2D eigenvalue weighted by Gasteiger charge is -2.41. The van der Waals surface area contributed by atoms with E-state index >= 15 is 0 Å². The summed E-state index contributed by atoms with van der Waals surface area (Å²) in [5.74, 6) is 0.589. The van der Waals surface area contributed by atoms with Crippen LogP contribution in [0.5, 0.6) is 0 Å². The van der Waals surface area contributed by atoms with Gasteiger partial charge in [0.05, 0.1) is 5.56 Å². The van der Waals surface area contributed by atoms with Crippen LogP contribution < -0.4 is 15.1 Å². The van der Waals surface area contributed by atoms with E-state index in [9.17, 15) is 13.2 Å². The van der Waals surface area contributed by atoms with Gasteiger partial charge in [0, 0.05) is 37.6 Å². The molecule has 1 aliphatic heterocycles. The number of piperazine rings is 1. The number of halogens is 4. The summed E-state index contributed by atoms with van der Waals surface area (Å²) in [5, 5.41) is 3.19. The van der Waals surface area contributed by atoms with Crippen LogP contribution in [0.15, 0.2) is 42.6 Å². The number of nitrogens with zero attached hydrogens (tertiary/aromatic N) is 6. The Balaban J connectivity index is 1.51. The molecule has 11 heteroatoms. The number of alkyl halides is 3. The van der Waals surface area contributed by atoms with E-state index in [4.69, 9.17) is 11.6 Å². The van der Waals surface area contributed by atoms with Gasteiger partial charge in [-0.15, -0.1) is 0 Å². The Hall–Kier alpha value is -3.14. The molecule has 1 saturated heterocycles. The maximum atomic E-state index is 13.5. The highest BCUT2D eigenvalue weighted by Crippen LogP contribution is 2.36. The number of aromatic nitrogens is 4. The van der Waals surface area contributed by atoms with E-state index in [0.717, 1.165) is 11.8 Å². The molecule has 1 N–H and O–H groups in total. The Kier molecular flexibility index (Phi) is 6.77. The van der Waals surface area contributed by atoms with Crippen molar-refractivity contribution in [2.24, 2.45) is 0 Å².